The molecule has 0 fully saturated rings. The molecule has 0 aliphatic heterocycles. The molecule has 0 radical (unpaired) electrons. The van der Waals surface area contributed by atoms with Crippen LogP contribution in [0.4, 0.5) is 0 Å². The summed E-state index contributed by atoms with van der Waals surface area (Å²) >= 11 is 0. The Balaban J connectivity index is 5.29. The van der Waals surface area contributed by atoms with Crippen molar-refractivity contribution < 1.29 is 13.5 Å². The second-order valence-electron chi connectivity index (χ2n) is 6.20. The molecular formula is C11H25NO3S. The lowest BCUT2D eigenvalue weighted by Gasteiger charge is -2.39. The van der Waals surface area contributed by atoms with E-state index in [1.807, 2.05) is 20.8 Å². The van der Waals surface area contributed by atoms with Crippen LogP contribution in [-0.4, -0.2) is 42.3 Å². The summed E-state index contributed by atoms with van der Waals surface area (Å²) in [5, 5.41) is 9.36. The number of likely N-dealkylation sites (N-methyl/N-ethyl adjacent to an activating group) is 1. The minimum atomic E-state index is -3.40. The van der Waals surface area contributed by atoms with E-state index in [-0.39, 0.29) is 12.0 Å². The van der Waals surface area contributed by atoms with Gasteiger partial charge in [0.05, 0.1) is 17.4 Å². The van der Waals surface area contributed by atoms with Gasteiger partial charge in [-0.05, 0) is 26.2 Å². The van der Waals surface area contributed by atoms with Gasteiger partial charge in [0.15, 0.2) is 0 Å². The molecule has 0 saturated heterocycles. The Morgan fingerprint density at radius 1 is 1.12 bits per heavy atom. The van der Waals surface area contributed by atoms with Crippen molar-refractivity contribution >= 4 is 10.0 Å². The molecule has 0 spiro atoms. The van der Waals surface area contributed by atoms with Gasteiger partial charge < -0.3 is 5.11 Å². The van der Waals surface area contributed by atoms with E-state index < -0.39 is 20.8 Å². The Morgan fingerprint density at radius 3 is 1.69 bits per heavy atom. The SMILES string of the molecule is CN([C@H](CO)C(C)(C)C)S(=O)(=O)C(C)(C)C. The van der Waals surface area contributed by atoms with Crippen molar-refractivity contribution in [3.8, 4) is 0 Å². The molecule has 0 amide bonds. The highest BCUT2D eigenvalue weighted by Crippen LogP contribution is 2.29. The van der Waals surface area contributed by atoms with Gasteiger partial charge in [0.2, 0.25) is 10.0 Å². The zero-order valence-electron chi connectivity index (χ0n) is 11.4. The van der Waals surface area contributed by atoms with Crippen LogP contribution >= 0.6 is 0 Å². The van der Waals surface area contributed by atoms with Crippen LogP contribution in [-0.2, 0) is 10.0 Å². The van der Waals surface area contributed by atoms with Gasteiger partial charge in [0.1, 0.15) is 0 Å². The van der Waals surface area contributed by atoms with Gasteiger partial charge in [-0.15, -0.1) is 0 Å². The first-order valence-electron chi connectivity index (χ1n) is 5.44. The summed E-state index contributed by atoms with van der Waals surface area (Å²) in [6.45, 7) is 10.6. The van der Waals surface area contributed by atoms with Crippen molar-refractivity contribution in [2.75, 3.05) is 13.7 Å². The maximum Gasteiger partial charge on any atom is 0.219 e. The Bertz CT molecular complexity index is 322. The molecule has 0 aromatic heterocycles. The van der Waals surface area contributed by atoms with E-state index >= 15 is 0 Å². The number of aliphatic hydroxyl groups excluding tert-OH is 1. The summed E-state index contributed by atoms with van der Waals surface area (Å²) in [6, 6.07) is -0.406. The molecular weight excluding hydrogens is 226 g/mol. The van der Waals surface area contributed by atoms with Crippen LogP contribution in [0.2, 0.25) is 0 Å². The Hall–Kier alpha value is -0.130. The molecule has 0 rings (SSSR count). The molecule has 1 atom stereocenters. The van der Waals surface area contributed by atoms with E-state index in [0.717, 1.165) is 0 Å². The molecule has 16 heavy (non-hydrogen) atoms. The second kappa shape index (κ2) is 4.63. The smallest absolute Gasteiger partial charge is 0.219 e. The molecule has 98 valence electrons. The molecule has 0 aliphatic rings. The summed E-state index contributed by atoms with van der Waals surface area (Å²) < 4.78 is 24.9. The maximum atomic E-state index is 12.2. The highest BCUT2D eigenvalue weighted by Gasteiger charge is 2.40. The number of hydrogen-bond acceptors (Lipinski definition) is 3. The molecule has 0 bridgehead atoms. The minimum Gasteiger partial charge on any atom is -0.395 e. The van der Waals surface area contributed by atoms with Gasteiger partial charge in [0, 0.05) is 7.05 Å². The summed E-state index contributed by atoms with van der Waals surface area (Å²) in [6.07, 6.45) is 0. The van der Waals surface area contributed by atoms with Crippen molar-refractivity contribution in [2.45, 2.75) is 52.3 Å². The molecule has 0 unspecified atom stereocenters. The van der Waals surface area contributed by atoms with Gasteiger partial charge in [0.25, 0.3) is 0 Å². The number of hydrogen-bond donors (Lipinski definition) is 1. The Labute approximate surface area is 99.7 Å². The fourth-order valence-corrected chi connectivity index (χ4v) is 3.12. The maximum absolute atomic E-state index is 12.2. The van der Waals surface area contributed by atoms with Crippen molar-refractivity contribution in [3.63, 3.8) is 0 Å². The third kappa shape index (κ3) is 3.18. The molecule has 4 nitrogen and oxygen atoms in total. The predicted octanol–water partition coefficient (Wildman–Crippen LogP) is 1.45. The van der Waals surface area contributed by atoms with E-state index in [2.05, 4.69) is 0 Å². The van der Waals surface area contributed by atoms with Crippen LogP contribution in [0, 0.1) is 5.41 Å². The van der Waals surface area contributed by atoms with E-state index in [1.54, 1.807) is 20.8 Å². The van der Waals surface area contributed by atoms with Crippen LogP contribution in [0.1, 0.15) is 41.5 Å². The lowest BCUT2D eigenvalue weighted by molar-refractivity contribution is 0.113. The molecule has 0 saturated carbocycles. The zero-order valence-corrected chi connectivity index (χ0v) is 12.2. The zero-order chi connectivity index (χ0) is 13.4. The van der Waals surface area contributed by atoms with Gasteiger partial charge in [-0.3, -0.25) is 0 Å². The summed E-state index contributed by atoms with van der Waals surface area (Å²) in [5.74, 6) is 0. The van der Waals surface area contributed by atoms with E-state index in [0.29, 0.717) is 0 Å². The van der Waals surface area contributed by atoms with Crippen LogP contribution < -0.4 is 0 Å². The van der Waals surface area contributed by atoms with Crippen molar-refractivity contribution in [3.05, 3.63) is 0 Å². The minimum absolute atomic E-state index is 0.171. The first-order chi connectivity index (χ1) is 6.85. The fourth-order valence-electron chi connectivity index (χ4n) is 1.53. The van der Waals surface area contributed by atoms with Gasteiger partial charge in [-0.2, -0.15) is 4.31 Å². The van der Waals surface area contributed by atoms with Crippen molar-refractivity contribution in [1.29, 1.82) is 0 Å². The standard InChI is InChI=1S/C11H25NO3S/c1-10(2,3)9(8-13)12(7)16(14,15)11(4,5)6/h9,13H,8H2,1-7H3/t9-/m1/s1. The second-order valence-corrected chi connectivity index (χ2v) is 8.95. The molecule has 0 heterocycles. The van der Waals surface area contributed by atoms with E-state index in [1.165, 1.54) is 11.4 Å². The predicted molar refractivity (Wildman–Crippen MR) is 66.8 cm³/mol. The quantitative estimate of drug-likeness (QED) is 0.826. The Morgan fingerprint density at radius 2 is 1.50 bits per heavy atom. The average molecular weight is 251 g/mol. The third-order valence-corrected chi connectivity index (χ3v) is 5.32. The summed E-state index contributed by atoms with van der Waals surface area (Å²) in [7, 11) is -1.86. The fraction of sp³-hybridized carbons (Fsp3) is 1.00. The van der Waals surface area contributed by atoms with Crippen LogP contribution in [0.25, 0.3) is 0 Å². The van der Waals surface area contributed by atoms with Gasteiger partial charge in [-0.1, -0.05) is 20.8 Å². The normalized spacial score (nSPS) is 16.6. The van der Waals surface area contributed by atoms with Gasteiger partial charge >= 0.3 is 0 Å². The Kier molecular flexibility index (Phi) is 4.59. The van der Waals surface area contributed by atoms with E-state index in [4.69, 9.17) is 0 Å². The number of sulfonamides is 1. The largest absolute Gasteiger partial charge is 0.395 e. The van der Waals surface area contributed by atoms with Crippen LogP contribution in [0.15, 0.2) is 0 Å². The van der Waals surface area contributed by atoms with E-state index in [9.17, 15) is 13.5 Å². The van der Waals surface area contributed by atoms with Crippen molar-refractivity contribution in [2.24, 2.45) is 5.41 Å². The number of rotatable bonds is 3. The van der Waals surface area contributed by atoms with Crippen LogP contribution in [0.5, 0.6) is 0 Å². The lowest BCUT2D eigenvalue weighted by Crippen LogP contribution is -2.52. The van der Waals surface area contributed by atoms with Crippen molar-refractivity contribution in [1.82, 2.24) is 4.31 Å². The molecule has 0 aromatic carbocycles. The lowest BCUT2D eigenvalue weighted by atomic mass is 9.87. The molecule has 0 aromatic rings. The number of aliphatic hydroxyl groups is 1. The molecule has 5 heteroatoms. The monoisotopic (exact) mass is 251 g/mol. The average Bonchev–Trinajstić information content (AvgIpc) is 2.00. The summed E-state index contributed by atoms with van der Waals surface area (Å²) in [4.78, 5) is 0. The highest BCUT2D eigenvalue weighted by molar-refractivity contribution is 7.90. The van der Waals surface area contributed by atoms with Crippen LogP contribution in [0.3, 0.4) is 0 Å². The number of nitrogens with zero attached hydrogens (tertiary/aromatic N) is 1. The highest BCUT2D eigenvalue weighted by atomic mass is 32.2. The first-order valence-corrected chi connectivity index (χ1v) is 6.88. The topological polar surface area (TPSA) is 57.6 Å². The van der Waals surface area contributed by atoms with Gasteiger partial charge in [-0.25, -0.2) is 8.42 Å². The summed E-state index contributed by atoms with van der Waals surface area (Å²) in [5.41, 5.74) is -0.290. The third-order valence-electron chi connectivity index (χ3n) is 2.76. The molecule has 0 aliphatic carbocycles. The first kappa shape index (κ1) is 15.9. The molecule has 1 N–H and O–H groups in total.